The maximum atomic E-state index is 13.1. The van der Waals surface area contributed by atoms with E-state index < -0.39 is 11.9 Å². The fourth-order valence-electron chi connectivity index (χ4n) is 1.86. The molecule has 0 fully saturated rings. The molecule has 1 N–H and O–H groups in total. The minimum absolute atomic E-state index is 0.157. The van der Waals surface area contributed by atoms with E-state index in [-0.39, 0.29) is 16.4 Å². The second-order valence-electron chi connectivity index (χ2n) is 5.25. The van der Waals surface area contributed by atoms with Gasteiger partial charge in [0.05, 0.1) is 11.1 Å². The predicted octanol–water partition coefficient (Wildman–Crippen LogP) is 4.48. The fourth-order valence-corrected chi connectivity index (χ4v) is 2.96. The van der Waals surface area contributed by atoms with Gasteiger partial charge in [0.15, 0.2) is 16.5 Å². The first kappa shape index (κ1) is 16.0. The molecule has 2 heterocycles. The van der Waals surface area contributed by atoms with Crippen LogP contribution >= 0.6 is 11.3 Å². The van der Waals surface area contributed by atoms with Gasteiger partial charge in [-0.2, -0.15) is 13.2 Å². The highest BCUT2D eigenvalue weighted by Crippen LogP contribution is 2.38. The van der Waals surface area contributed by atoms with Crippen molar-refractivity contribution in [2.24, 2.45) is 5.92 Å². The van der Waals surface area contributed by atoms with Crippen molar-refractivity contribution in [3.63, 3.8) is 0 Å². The van der Waals surface area contributed by atoms with Crippen LogP contribution in [-0.4, -0.2) is 11.5 Å². The number of hydrogen-bond acceptors (Lipinski definition) is 4. The molecule has 7 heteroatoms. The summed E-state index contributed by atoms with van der Waals surface area (Å²) in [5.74, 6) is 0.777. The third-order valence-corrected chi connectivity index (χ3v) is 3.91. The monoisotopic (exact) mass is 318 g/mol. The first-order valence-electron chi connectivity index (χ1n) is 6.61. The van der Waals surface area contributed by atoms with Crippen molar-refractivity contribution in [1.82, 2.24) is 10.3 Å². The number of aryl methyl sites for hydroxylation is 1. The smallest absolute Gasteiger partial charge is 0.434 e. The van der Waals surface area contributed by atoms with Crippen molar-refractivity contribution >= 4 is 11.3 Å². The zero-order chi connectivity index (χ0) is 15.6. The third-order valence-electron chi connectivity index (χ3n) is 2.86. The van der Waals surface area contributed by atoms with Gasteiger partial charge in [-0.1, -0.05) is 13.8 Å². The molecule has 0 aliphatic rings. The molecular weight excluding hydrogens is 301 g/mol. The van der Waals surface area contributed by atoms with Gasteiger partial charge in [0, 0.05) is 6.54 Å². The van der Waals surface area contributed by atoms with Gasteiger partial charge in [-0.3, -0.25) is 0 Å². The number of nitrogens with zero attached hydrogens (tertiary/aromatic N) is 1. The van der Waals surface area contributed by atoms with E-state index in [0.29, 0.717) is 18.2 Å². The van der Waals surface area contributed by atoms with E-state index in [0.717, 1.165) is 16.9 Å². The average molecular weight is 318 g/mol. The summed E-state index contributed by atoms with van der Waals surface area (Å²) in [6.07, 6.45) is -3.00. The normalized spacial score (nSPS) is 12.3. The maximum absolute atomic E-state index is 13.1. The van der Waals surface area contributed by atoms with E-state index in [1.807, 2.05) is 13.8 Å². The number of aromatic nitrogens is 1. The molecule has 0 atom stereocenters. The number of furan rings is 1. The Morgan fingerprint density at radius 1 is 1.38 bits per heavy atom. The van der Waals surface area contributed by atoms with Crippen molar-refractivity contribution in [2.45, 2.75) is 33.5 Å². The van der Waals surface area contributed by atoms with E-state index in [1.165, 1.54) is 6.26 Å². The van der Waals surface area contributed by atoms with Crippen LogP contribution in [0.4, 0.5) is 13.2 Å². The highest BCUT2D eigenvalue weighted by atomic mass is 32.1. The Morgan fingerprint density at radius 3 is 2.62 bits per heavy atom. The number of hydrogen-bond donors (Lipinski definition) is 1. The van der Waals surface area contributed by atoms with Crippen molar-refractivity contribution in [1.29, 1.82) is 0 Å². The predicted molar refractivity (Wildman–Crippen MR) is 76.1 cm³/mol. The summed E-state index contributed by atoms with van der Waals surface area (Å²) in [4.78, 5) is 3.93. The van der Waals surface area contributed by atoms with E-state index in [1.54, 1.807) is 13.0 Å². The fraction of sp³-hybridized carbons (Fsp3) is 0.500. The molecule has 0 amide bonds. The van der Waals surface area contributed by atoms with E-state index in [9.17, 15) is 13.2 Å². The Labute approximate surface area is 125 Å². The second kappa shape index (κ2) is 6.19. The van der Waals surface area contributed by atoms with Crippen LogP contribution < -0.4 is 5.32 Å². The van der Waals surface area contributed by atoms with Crippen molar-refractivity contribution in [3.8, 4) is 10.8 Å². The number of rotatable bonds is 5. The molecule has 2 rings (SSSR count). The molecule has 0 aliphatic carbocycles. The van der Waals surface area contributed by atoms with Gasteiger partial charge in [0.2, 0.25) is 0 Å². The molecule has 0 unspecified atom stereocenters. The van der Waals surface area contributed by atoms with Crippen LogP contribution in [0.5, 0.6) is 0 Å². The van der Waals surface area contributed by atoms with Crippen LogP contribution in [-0.2, 0) is 12.7 Å². The van der Waals surface area contributed by atoms with Gasteiger partial charge in [-0.15, -0.1) is 11.3 Å². The lowest BCUT2D eigenvalue weighted by molar-refractivity contribution is -0.141. The Kier molecular flexibility index (Phi) is 4.73. The van der Waals surface area contributed by atoms with Crippen LogP contribution in [0.1, 0.15) is 30.0 Å². The van der Waals surface area contributed by atoms with Gasteiger partial charge in [0.1, 0.15) is 0 Å². The van der Waals surface area contributed by atoms with Crippen LogP contribution in [0, 0.1) is 12.8 Å². The topological polar surface area (TPSA) is 38.1 Å². The molecule has 0 bridgehead atoms. The van der Waals surface area contributed by atoms with E-state index >= 15 is 0 Å². The molecule has 2 aromatic heterocycles. The molecule has 0 aromatic carbocycles. The summed E-state index contributed by atoms with van der Waals surface area (Å²) in [5.41, 5.74) is -0.0475. The molecule has 0 spiro atoms. The maximum Gasteiger partial charge on any atom is 0.434 e. The standard InChI is InChI=1S/C14H17F3N2OS/c1-8(2)6-18-7-10-12(14(15,16)17)19-13(21-10)11-9(3)4-5-20-11/h4-5,8,18H,6-7H2,1-3H3. The first-order chi connectivity index (χ1) is 9.79. The molecule has 116 valence electrons. The summed E-state index contributed by atoms with van der Waals surface area (Å²) in [5, 5.41) is 3.30. The number of alkyl halides is 3. The summed E-state index contributed by atoms with van der Waals surface area (Å²) in [6.45, 7) is 6.60. The molecular formula is C14H17F3N2OS. The van der Waals surface area contributed by atoms with Crippen molar-refractivity contribution in [3.05, 3.63) is 28.5 Å². The SMILES string of the molecule is Cc1ccoc1-c1nc(C(F)(F)F)c(CNCC(C)C)s1. The quantitative estimate of drug-likeness (QED) is 0.883. The molecule has 0 radical (unpaired) electrons. The van der Waals surface area contributed by atoms with Crippen molar-refractivity contribution < 1.29 is 17.6 Å². The van der Waals surface area contributed by atoms with Crippen LogP contribution in [0.15, 0.2) is 16.7 Å². The number of nitrogens with one attached hydrogen (secondary N) is 1. The number of halogens is 3. The Hall–Kier alpha value is -1.34. The minimum Gasteiger partial charge on any atom is -0.462 e. The Bertz CT molecular complexity index is 602. The van der Waals surface area contributed by atoms with Gasteiger partial charge in [-0.05, 0) is 31.0 Å². The lowest BCUT2D eigenvalue weighted by Crippen LogP contribution is -2.20. The third kappa shape index (κ3) is 3.85. The Morgan fingerprint density at radius 2 is 2.10 bits per heavy atom. The summed E-state index contributed by atoms with van der Waals surface area (Å²) < 4.78 is 44.5. The molecule has 0 saturated carbocycles. The average Bonchev–Trinajstić information content (AvgIpc) is 2.94. The van der Waals surface area contributed by atoms with Crippen LogP contribution in [0.3, 0.4) is 0 Å². The number of thiazole rings is 1. The summed E-state index contributed by atoms with van der Waals surface area (Å²) >= 11 is 1.02. The van der Waals surface area contributed by atoms with Crippen LogP contribution in [0.2, 0.25) is 0 Å². The van der Waals surface area contributed by atoms with Gasteiger partial charge in [-0.25, -0.2) is 4.98 Å². The minimum atomic E-state index is -4.45. The van der Waals surface area contributed by atoms with Gasteiger partial charge >= 0.3 is 6.18 Å². The largest absolute Gasteiger partial charge is 0.462 e. The molecule has 0 aliphatic heterocycles. The molecule has 3 nitrogen and oxygen atoms in total. The summed E-state index contributed by atoms with van der Waals surface area (Å²) in [6, 6.07) is 1.71. The van der Waals surface area contributed by atoms with Crippen molar-refractivity contribution in [2.75, 3.05) is 6.54 Å². The lowest BCUT2D eigenvalue weighted by Gasteiger charge is -2.08. The van der Waals surface area contributed by atoms with Crippen LogP contribution in [0.25, 0.3) is 10.8 Å². The zero-order valence-electron chi connectivity index (χ0n) is 12.0. The summed E-state index contributed by atoms with van der Waals surface area (Å²) in [7, 11) is 0. The molecule has 2 aromatic rings. The zero-order valence-corrected chi connectivity index (χ0v) is 12.9. The second-order valence-corrected chi connectivity index (χ2v) is 6.33. The van der Waals surface area contributed by atoms with E-state index in [2.05, 4.69) is 10.3 Å². The van der Waals surface area contributed by atoms with E-state index in [4.69, 9.17) is 4.42 Å². The van der Waals surface area contributed by atoms with Gasteiger partial charge < -0.3 is 9.73 Å². The molecule has 0 saturated heterocycles. The Balaban J connectivity index is 2.30. The highest BCUT2D eigenvalue weighted by molar-refractivity contribution is 7.15. The highest BCUT2D eigenvalue weighted by Gasteiger charge is 2.37. The first-order valence-corrected chi connectivity index (χ1v) is 7.42. The molecule has 21 heavy (non-hydrogen) atoms. The van der Waals surface area contributed by atoms with Gasteiger partial charge in [0.25, 0.3) is 0 Å². The lowest BCUT2D eigenvalue weighted by atomic mass is 10.2.